The smallest absolute Gasteiger partial charge is 0.497 e. The molecule has 0 saturated heterocycles. The molecule has 16 heavy (non-hydrogen) atoms. The molecule has 4 nitrogen and oxygen atoms in total. The predicted octanol–water partition coefficient (Wildman–Crippen LogP) is 3.01. The molecule has 4 heteroatoms. The van der Waals surface area contributed by atoms with E-state index in [0.717, 1.165) is 12.8 Å². The maximum Gasteiger partial charge on any atom is 0.513 e. The quantitative estimate of drug-likeness (QED) is 0.438. The zero-order valence-electron chi connectivity index (χ0n) is 9.56. The molecule has 0 spiro atoms. The SMILES string of the molecule is CCCCOC(=O)Oc1ccc(OC)cc1. The van der Waals surface area contributed by atoms with Gasteiger partial charge >= 0.3 is 6.16 Å². The van der Waals surface area contributed by atoms with Crippen molar-refractivity contribution in [3.63, 3.8) is 0 Å². The summed E-state index contributed by atoms with van der Waals surface area (Å²) in [5.74, 6) is 1.16. The van der Waals surface area contributed by atoms with Crippen LogP contribution in [0.4, 0.5) is 4.79 Å². The molecule has 1 aromatic rings. The van der Waals surface area contributed by atoms with Crippen molar-refractivity contribution in [2.45, 2.75) is 19.8 Å². The number of carbonyl (C=O) groups is 1. The van der Waals surface area contributed by atoms with Gasteiger partial charge in [0.25, 0.3) is 0 Å². The van der Waals surface area contributed by atoms with E-state index in [-0.39, 0.29) is 0 Å². The van der Waals surface area contributed by atoms with Crippen molar-refractivity contribution in [3.8, 4) is 11.5 Å². The van der Waals surface area contributed by atoms with Crippen LogP contribution in [-0.2, 0) is 4.74 Å². The summed E-state index contributed by atoms with van der Waals surface area (Å²) >= 11 is 0. The molecule has 0 heterocycles. The third kappa shape index (κ3) is 4.21. The fraction of sp³-hybridized carbons (Fsp3) is 0.417. The van der Waals surface area contributed by atoms with Crippen LogP contribution in [0.15, 0.2) is 24.3 Å². The maximum atomic E-state index is 11.2. The molecular formula is C12H16O4. The second kappa shape index (κ2) is 6.71. The number of unbranched alkanes of at least 4 members (excludes halogenated alkanes) is 1. The lowest BCUT2D eigenvalue weighted by Gasteiger charge is -2.05. The van der Waals surface area contributed by atoms with Crippen LogP contribution in [0.1, 0.15) is 19.8 Å². The molecule has 0 aromatic heterocycles. The van der Waals surface area contributed by atoms with Crippen LogP contribution in [0.3, 0.4) is 0 Å². The summed E-state index contributed by atoms with van der Waals surface area (Å²) in [6.45, 7) is 2.42. The first-order chi connectivity index (χ1) is 7.76. The van der Waals surface area contributed by atoms with Gasteiger partial charge in [-0.05, 0) is 30.7 Å². The second-order valence-electron chi connectivity index (χ2n) is 3.23. The number of benzene rings is 1. The third-order valence-electron chi connectivity index (χ3n) is 1.98. The van der Waals surface area contributed by atoms with Crippen molar-refractivity contribution in [1.82, 2.24) is 0 Å². The van der Waals surface area contributed by atoms with Crippen molar-refractivity contribution < 1.29 is 19.0 Å². The van der Waals surface area contributed by atoms with Crippen LogP contribution >= 0.6 is 0 Å². The Balaban J connectivity index is 2.37. The molecule has 0 N–H and O–H groups in total. The summed E-state index contributed by atoms with van der Waals surface area (Å²) in [5, 5.41) is 0. The van der Waals surface area contributed by atoms with Gasteiger partial charge in [-0.2, -0.15) is 0 Å². The van der Waals surface area contributed by atoms with Gasteiger partial charge in [0.1, 0.15) is 11.5 Å². The van der Waals surface area contributed by atoms with Crippen molar-refractivity contribution in [3.05, 3.63) is 24.3 Å². The first-order valence-electron chi connectivity index (χ1n) is 5.25. The third-order valence-corrected chi connectivity index (χ3v) is 1.98. The van der Waals surface area contributed by atoms with Gasteiger partial charge in [-0.25, -0.2) is 4.79 Å². The summed E-state index contributed by atoms with van der Waals surface area (Å²) in [5.41, 5.74) is 0. The minimum Gasteiger partial charge on any atom is -0.497 e. The normalized spacial score (nSPS) is 9.62. The molecule has 0 aliphatic rings. The van der Waals surface area contributed by atoms with Crippen LogP contribution in [0.5, 0.6) is 11.5 Å². The predicted molar refractivity (Wildman–Crippen MR) is 59.9 cm³/mol. The Bertz CT molecular complexity index is 318. The van der Waals surface area contributed by atoms with E-state index in [4.69, 9.17) is 14.2 Å². The fourth-order valence-corrected chi connectivity index (χ4v) is 1.07. The summed E-state index contributed by atoms with van der Waals surface area (Å²) in [6, 6.07) is 6.74. The van der Waals surface area contributed by atoms with E-state index >= 15 is 0 Å². The summed E-state index contributed by atoms with van der Waals surface area (Å²) < 4.78 is 14.8. The summed E-state index contributed by atoms with van der Waals surface area (Å²) in [7, 11) is 1.58. The first kappa shape index (κ1) is 12.4. The van der Waals surface area contributed by atoms with Gasteiger partial charge < -0.3 is 14.2 Å². The molecule has 88 valence electrons. The van der Waals surface area contributed by atoms with Crippen LogP contribution < -0.4 is 9.47 Å². The Hall–Kier alpha value is -1.71. The van der Waals surface area contributed by atoms with Crippen molar-refractivity contribution in [2.75, 3.05) is 13.7 Å². The lowest BCUT2D eigenvalue weighted by molar-refractivity contribution is 0.0978. The summed E-state index contributed by atoms with van der Waals surface area (Å²) in [6.07, 6.45) is 1.16. The van der Waals surface area contributed by atoms with E-state index in [1.165, 1.54) is 0 Å². The maximum absolute atomic E-state index is 11.2. The molecule has 0 aliphatic heterocycles. The molecule has 0 saturated carbocycles. The Morgan fingerprint density at radius 1 is 1.19 bits per heavy atom. The lowest BCUT2D eigenvalue weighted by atomic mass is 10.3. The molecular weight excluding hydrogens is 208 g/mol. The van der Waals surface area contributed by atoms with Gasteiger partial charge in [0.05, 0.1) is 13.7 Å². The van der Waals surface area contributed by atoms with Gasteiger partial charge in [-0.3, -0.25) is 0 Å². The molecule has 1 aromatic carbocycles. The van der Waals surface area contributed by atoms with Gasteiger partial charge in [0, 0.05) is 0 Å². The van der Waals surface area contributed by atoms with E-state index in [1.54, 1.807) is 31.4 Å². The molecule has 0 unspecified atom stereocenters. The summed E-state index contributed by atoms with van der Waals surface area (Å²) in [4.78, 5) is 11.2. The van der Waals surface area contributed by atoms with Gasteiger partial charge in [-0.1, -0.05) is 13.3 Å². The van der Waals surface area contributed by atoms with E-state index in [9.17, 15) is 4.79 Å². The Morgan fingerprint density at radius 2 is 1.81 bits per heavy atom. The topological polar surface area (TPSA) is 44.8 Å². The molecule has 0 radical (unpaired) electrons. The average molecular weight is 224 g/mol. The van der Waals surface area contributed by atoms with E-state index in [2.05, 4.69) is 0 Å². The van der Waals surface area contributed by atoms with E-state index < -0.39 is 6.16 Å². The highest BCUT2D eigenvalue weighted by Gasteiger charge is 2.05. The molecule has 0 fully saturated rings. The molecule has 0 bridgehead atoms. The standard InChI is InChI=1S/C12H16O4/c1-3-4-9-15-12(13)16-11-7-5-10(14-2)6-8-11/h5-8H,3-4,9H2,1-2H3. The Morgan fingerprint density at radius 3 is 2.38 bits per heavy atom. The molecule has 0 aliphatic carbocycles. The molecule has 0 amide bonds. The highest BCUT2D eigenvalue weighted by molar-refractivity contribution is 5.63. The number of methoxy groups -OCH3 is 1. The Kier molecular flexibility index (Phi) is 5.19. The zero-order chi connectivity index (χ0) is 11.8. The first-order valence-corrected chi connectivity index (χ1v) is 5.25. The number of hydrogen-bond acceptors (Lipinski definition) is 4. The molecule has 0 atom stereocenters. The monoisotopic (exact) mass is 224 g/mol. The molecule has 1 rings (SSSR count). The largest absolute Gasteiger partial charge is 0.513 e. The highest BCUT2D eigenvalue weighted by Crippen LogP contribution is 2.17. The average Bonchev–Trinajstić information content (AvgIpc) is 2.30. The van der Waals surface area contributed by atoms with Crippen LogP contribution in [0.2, 0.25) is 0 Å². The number of rotatable bonds is 5. The van der Waals surface area contributed by atoms with Crippen molar-refractivity contribution in [1.29, 1.82) is 0 Å². The van der Waals surface area contributed by atoms with E-state index in [1.807, 2.05) is 6.92 Å². The van der Waals surface area contributed by atoms with Crippen LogP contribution in [0, 0.1) is 0 Å². The highest BCUT2D eigenvalue weighted by atomic mass is 16.7. The van der Waals surface area contributed by atoms with Gasteiger partial charge in [0.15, 0.2) is 0 Å². The number of hydrogen-bond donors (Lipinski definition) is 0. The minimum absolute atomic E-state index is 0.394. The van der Waals surface area contributed by atoms with Crippen molar-refractivity contribution >= 4 is 6.16 Å². The number of carbonyl (C=O) groups excluding carboxylic acids is 1. The zero-order valence-corrected chi connectivity index (χ0v) is 9.56. The van der Waals surface area contributed by atoms with E-state index in [0.29, 0.717) is 18.1 Å². The Labute approximate surface area is 95.1 Å². The lowest BCUT2D eigenvalue weighted by Crippen LogP contribution is -2.11. The van der Waals surface area contributed by atoms with Crippen LogP contribution in [0.25, 0.3) is 0 Å². The van der Waals surface area contributed by atoms with Gasteiger partial charge in [-0.15, -0.1) is 0 Å². The van der Waals surface area contributed by atoms with Crippen molar-refractivity contribution in [2.24, 2.45) is 0 Å². The van der Waals surface area contributed by atoms with Gasteiger partial charge in [0.2, 0.25) is 0 Å². The van der Waals surface area contributed by atoms with Crippen LogP contribution in [-0.4, -0.2) is 19.9 Å². The fourth-order valence-electron chi connectivity index (χ4n) is 1.07. The minimum atomic E-state index is -0.668. The second-order valence-corrected chi connectivity index (χ2v) is 3.23. The number of ether oxygens (including phenoxy) is 3.